The second-order valence-corrected chi connectivity index (χ2v) is 6.59. The minimum Gasteiger partial charge on any atom is -0.451 e. The van der Waals surface area contributed by atoms with Crippen LogP contribution in [0.1, 0.15) is 43.8 Å². The first kappa shape index (κ1) is 17.2. The Morgan fingerprint density at radius 3 is 2.70 bits per heavy atom. The molecule has 0 spiro atoms. The molecule has 124 valence electrons. The van der Waals surface area contributed by atoms with E-state index in [1.54, 1.807) is 6.08 Å². The van der Waals surface area contributed by atoms with Crippen LogP contribution in [0.2, 0.25) is 0 Å². The Morgan fingerprint density at radius 1 is 1.39 bits per heavy atom. The highest BCUT2D eigenvalue weighted by Gasteiger charge is 2.13. The lowest BCUT2D eigenvalue weighted by molar-refractivity contribution is 0.450. The molecule has 2 aromatic rings. The molecule has 0 aromatic carbocycles. The lowest BCUT2D eigenvalue weighted by Crippen LogP contribution is -2.12. The third-order valence-corrected chi connectivity index (χ3v) is 3.98. The molecule has 0 saturated carbocycles. The van der Waals surface area contributed by atoms with Crippen LogP contribution in [0, 0.1) is 0 Å². The van der Waals surface area contributed by atoms with E-state index in [-0.39, 0.29) is 10.7 Å². The summed E-state index contributed by atoms with van der Waals surface area (Å²) in [5.41, 5.74) is 1.81. The normalized spacial score (nSPS) is 12.6. The molecule has 2 rings (SSSR count). The fourth-order valence-electron chi connectivity index (χ4n) is 2.14. The molecule has 0 fully saturated rings. The molecule has 8 heteroatoms. The number of hydrogen-bond acceptors (Lipinski definition) is 5. The van der Waals surface area contributed by atoms with E-state index >= 15 is 0 Å². The Balaban J connectivity index is 2.43. The van der Waals surface area contributed by atoms with Crippen molar-refractivity contribution in [3.8, 4) is 0 Å². The van der Waals surface area contributed by atoms with Gasteiger partial charge in [0.15, 0.2) is 0 Å². The molecule has 2 aromatic heterocycles. The quantitative estimate of drug-likeness (QED) is 0.834. The maximum atomic E-state index is 11.8. The summed E-state index contributed by atoms with van der Waals surface area (Å²) >= 11 is 0. The number of hydrogen-bond donors (Lipinski definition) is 2. The number of furan rings is 1. The van der Waals surface area contributed by atoms with Crippen molar-refractivity contribution in [3.05, 3.63) is 45.8 Å². The lowest BCUT2D eigenvalue weighted by Gasteiger charge is -2.06. The molecule has 23 heavy (non-hydrogen) atoms. The fourth-order valence-corrected chi connectivity index (χ4v) is 2.62. The van der Waals surface area contributed by atoms with Crippen LogP contribution in [0.25, 0.3) is 11.6 Å². The third-order valence-electron chi connectivity index (χ3n) is 3.20. The summed E-state index contributed by atoms with van der Waals surface area (Å²) in [5.74, 6) is 0.474. The van der Waals surface area contributed by atoms with Crippen LogP contribution in [0.5, 0.6) is 0 Å². The van der Waals surface area contributed by atoms with Gasteiger partial charge in [0.1, 0.15) is 5.82 Å². The van der Waals surface area contributed by atoms with Gasteiger partial charge < -0.3 is 9.40 Å². The monoisotopic (exact) mass is 337 g/mol. The van der Waals surface area contributed by atoms with E-state index < -0.39 is 10.0 Å². The van der Waals surface area contributed by atoms with E-state index in [1.807, 2.05) is 13.8 Å². The van der Waals surface area contributed by atoms with Crippen molar-refractivity contribution in [1.29, 1.82) is 0 Å². The van der Waals surface area contributed by atoms with Gasteiger partial charge in [0, 0.05) is 23.4 Å². The van der Waals surface area contributed by atoms with E-state index in [2.05, 4.69) is 9.97 Å². The molecule has 0 amide bonds. The van der Waals surface area contributed by atoms with Crippen molar-refractivity contribution >= 4 is 21.7 Å². The number of sulfonamides is 1. The number of H-pyrrole nitrogens is 1. The molecule has 0 saturated heterocycles. The molecule has 0 unspecified atom stereocenters. The van der Waals surface area contributed by atoms with Gasteiger partial charge in [-0.2, -0.15) is 0 Å². The average Bonchev–Trinajstić information content (AvgIpc) is 2.93. The molecule has 0 bridgehead atoms. The zero-order valence-electron chi connectivity index (χ0n) is 13.0. The maximum absolute atomic E-state index is 11.8. The standard InChI is InChI=1S/C15H19N3O4S/c1-3-5-12-8-13(19)18-15(17-12)11(4-2)6-10-7-14(22-9-10)23(16,20)21/h6-9H,3-5H2,1-2H3,(H2,16,20,21)(H,17,18,19)/b11-6+. The Morgan fingerprint density at radius 2 is 2.13 bits per heavy atom. The number of nitrogens with zero attached hydrogens (tertiary/aromatic N) is 1. The number of allylic oxidation sites excluding steroid dienone is 1. The summed E-state index contributed by atoms with van der Waals surface area (Å²) < 4.78 is 27.4. The average molecular weight is 337 g/mol. The summed E-state index contributed by atoms with van der Waals surface area (Å²) in [4.78, 5) is 18.9. The highest BCUT2D eigenvalue weighted by atomic mass is 32.2. The number of aromatic amines is 1. The molecular formula is C15H19N3O4S. The topological polar surface area (TPSA) is 119 Å². The predicted molar refractivity (Wildman–Crippen MR) is 87.1 cm³/mol. The smallest absolute Gasteiger partial charge is 0.271 e. The second-order valence-electron chi connectivity index (χ2n) is 5.10. The van der Waals surface area contributed by atoms with Crippen molar-refractivity contribution in [2.75, 3.05) is 0 Å². The van der Waals surface area contributed by atoms with Crippen molar-refractivity contribution in [2.24, 2.45) is 5.14 Å². The van der Waals surface area contributed by atoms with Gasteiger partial charge in [-0.05, 0) is 24.5 Å². The Labute approximate surface area is 134 Å². The largest absolute Gasteiger partial charge is 0.451 e. The molecule has 2 heterocycles. The number of aryl methyl sites for hydroxylation is 1. The van der Waals surface area contributed by atoms with Crippen molar-refractivity contribution in [1.82, 2.24) is 9.97 Å². The minimum absolute atomic E-state index is 0.213. The summed E-state index contributed by atoms with van der Waals surface area (Å²) in [6.07, 6.45) is 5.22. The fraction of sp³-hybridized carbons (Fsp3) is 0.333. The van der Waals surface area contributed by atoms with E-state index in [0.29, 0.717) is 17.8 Å². The first-order chi connectivity index (χ1) is 10.8. The Bertz CT molecular complexity index is 878. The van der Waals surface area contributed by atoms with Crippen LogP contribution in [0.15, 0.2) is 32.7 Å². The number of aromatic nitrogens is 2. The Hall–Kier alpha value is -2.19. The van der Waals surface area contributed by atoms with Crippen LogP contribution < -0.4 is 10.7 Å². The van der Waals surface area contributed by atoms with Crippen LogP contribution in [0.4, 0.5) is 0 Å². The predicted octanol–water partition coefficient (Wildman–Crippen LogP) is 1.91. The molecule has 0 radical (unpaired) electrons. The molecule has 0 aliphatic carbocycles. The van der Waals surface area contributed by atoms with Crippen molar-refractivity contribution in [2.45, 2.75) is 38.2 Å². The number of primary sulfonamides is 1. The highest BCUT2D eigenvalue weighted by Crippen LogP contribution is 2.21. The van der Waals surface area contributed by atoms with Crippen LogP contribution in [0.3, 0.4) is 0 Å². The van der Waals surface area contributed by atoms with Gasteiger partial charge in [0.25, 0.3) is 15.6 Å². The van der Waals surface area contributed by atoms with Gasteiger partial charge in [0.2, 0.25) is 5.09 Å². The molecule has 0 aliphatic rings. The molecule has 3 N–H and O–H groups in total. The third kappa shape index (κ3) is 4.40. The summed E-state index contributed by atoms with van der Waals surface area (Å²) in [7, 11) is -3.88. The Kier molecular flexibility index (Phi) is 5.17. The maximum Gasteiger partial charge on any atom is 0.271 e. The SMILES string of the molecule is CCCc1cc(=O)[nH]c(/C(=C/c2coc(S(N)(=O)=O)c2)CC)n1. The first-order valence-electron chi connectivity index (χ1n) is 7.26. The van der Waals surface area contributed by atoms with E-state index in [0.717, 1.165) is 24.1 Å². The first-order valence-corrected chi connectivity index (χ1v) is 8.80. The van der Waals surface area contributed by atoms with Gasteiger partial charge in [0.05, 0.1) is 6.26 Å². The van der Waals surface area contributed by atoms with Crippen molar-refractivity contribution < 1.29 is 12.8 Å². The van der Waals surface area contributed by atoms with Gasteiger partial charge in [-0.1, -0.05) is 20.3 Å². The van der Waals surface area contributed by atoms with Gasteiger partial charge >= 0.3 is 0 Å². The minimum atomic E-state index is -3.88. The lowest BCUT2D eigenvalue weighted by atomic mass is 10.1. The van der Waals surface area contributed by atoms with Crippen LogP contribution in [-0.2, 0) is 16.4 Å². The summed E-state index contributed by atoms with van der Waals surface area (Å²) in [5, 5.41) is 4.71. The zero-order valence-corrected chi connectivity index (χ0v) is 13.8. The van der Waals surface area contributed by atoms with E-state index in [1.165, 1.54) is 18.4 Å². The second kappa shape index (κ2) is 6.93. The summed E-state index contributed by atoms with van der Waals surface area (Å²) in [6, 6.07) is 2.82. The molecule has 0 atom stereocenters. The number of rotatable bonds is 6. The highest BCUT2D eigenvalue weighted by molar-refractivity contribution is 7.89. The van der Waals surface area contributed by atoms with E-state index in [4.69, 9.17) is 9.56 Å². The molecule has 0 aliphatic heterocycles. The molecule has 7 nitrogen and oxygen atoms in total. The van der Waals surface area contributed by atoms with Gasteiger partial charge in [-0.3, -0.25) is 4.79 Å². The molecular weight excluding hydrogens is 318 g/mol. The van der Waals surface area contributed by atoms with Crippen molar-refractivity contribution in [3.63, 3.8) is 0 Å². The number of nitrogens with one attached hydrogen (secondary N) is 1. The van der Waals surface area contributed by atoms with Gasteiger partial charge in [-0.25, -0.2) is 18.5 Å². The van der Waals surface area contributed by atoms with Crippen LogP contribution >= 0.6 is 0 Å². The zero-order chi connectivity index (χ0) is 17.0. The van der Waals surface area contributed by atoms with Gasteiger partial charge in [-0.15, -0.1) is 0 Å². The van der Waals surface area contributed by atoms with E-state index in [9.17, 15) is 13.2 Å². The summed E-state index contributed by atoms with van der Waals surface area (Å²) in [6.45, 7) is 3.93. The van der Waals surface area contributed by atoms with Crippen LogP contribution in [-0.4, -0.2) is 18.4 Å². The number of nitrogens with two attached hydrogens (primary N) is 1.